The van der Waals surface area contributed by atoms with Gasteiger partial charge in [-0.05, 0) is 37.7 Å². The molecule has 2 aliphatic rings. The predicted molar refractivity (Wildman–Crippen MR) is 107 cm³/mol. The predicted octanol–water partition coefficient (Wildman–Crippen LogP) is 3.02. The van der Waals surface area contributed by atoms with Crippen molar-refractivity contribution in [2.24, 2.45) is 0 Å². The molecule has 1 atom stereocenters. The van der Waals surface area contributed by atoms with E-state index in [0.717, 1.165) is 31.4 Å². The van der Waals surface area contributed by atoms with Gasteiger partial charge in [-0.2, -0.15) is 5.10 Å². The van der Waals surface area contributed by atoms with Crippen molar-refractivity contribution in [3.05, 3.63) is 52.8 Å². The summed E-state index contributed by atoms with van der Waals surface area (Å²) in [7, 11) is 3.62. The van der Waals surface area contributed by atoms with Crippen LogP contribution in [0.4, 0.5) is 0 Å². The van der Waals surface area contributed by atoms with Crippen molar-refractivity contribution >= 4 is 5.91 Å². The Morgan fingerprint density at radius 1 is 1.15 bits per heavy atom. The molecule has 1 aromatic heterocycles. The third-order valence-electron chi connectivity index (χ3n) is 5.96. The van der Waals surface area contributed by atoms with Crippen molar-refractivity contribution in [2.45, 2.75) is 63.6 Å². The number of carbonyl (C=O) groups is 1. The van der Waals surface area contributed by atoms with Crippen molar-refractivity contribution < 1.29 is 4.79 Å². The van der Waals surface area contributed by atoms with E-state index in [1.807, 2.05) is 20.2 Å². The van der Waals surface area contributed by atoms with Gasteiger partial charge in [0.1, 0.15) is 0 Å². The number of hydrogen-bond donors (Lipinski definition) is 1. The smallest absolute Gasteiger partial charge is 0.274 e. The van der Waals surface area contributed by atoms with E-state index < -0.39 is 0 Å². The van der Waals surface area contributed by atoms with E-state index >= 15 is 0 Å². The second kappa shape index (κ2) is 7.85. The summed E-state index contributed by atoms with van der Waals surface area (Å²) >= 11 is 0. The van der Waals surface area contributed by atoms with Crippen LogP contribution in [-0.4, -0.2) is 46.8 Å². The highest BCUT2D eigenvalue weighted by Gasteiger charge is 2.31. The van der Waals surface area contributed by atoms with Crippen molar-refractivity contribution in [3.8, 4) is 0 Å². The summed E-state index contributed by atoms with van der Waals surface area (Å²) in [5.41, 5.74) is 4.27. The standard InChI is InChI=1S/C22H30N4O/c1-25(2)22(27)21-19-14-18(23-17-10-6-7-11-17)12-13-20(19)26(24-21)15-16-8-4-3-5-9-16/h3-5,8-9,17-18,23H,6-7,10-15H2,1-2H3. The molecule has 5 nitrogen and oxygen atoms in total. The SMILES string of the molecule is CN(C)C(=O)c1nn(Cc2ccccc2)c2c1CC(NC1CCCC1)CC2. The van der Waals surface area contributed by atoms with Gasteiger partial charge >= 0.3 is 0 Å². The average molecular weight is 367 g/mol. The molecule has 2 aliphatic carbocycles. The number of amides is 1. The Morgan fingerprint density at radius 2 is 1.89 bits per heavy atom. The van der Waals surface area contributed by atoms with Crippen LogP contribution < -0.4 is 5.32 Å². The monoisotopic (exact) mass is 366 g/mol. The summed E-state index contributed by atoms with van der Waals surface area (Å²) in [6, 6.07) is 11.5. The third-order valence-corrected chi connectivity index (χ3v) is 5.96. The summed E-state index contributed by atoms with van der Waals surface area (Å²) in [5, 5.41) is 8.62. The van der Waals surface area contributed by atoms with Crippen molar-refractivity contribution in [2.75, 3.05) is 14.1 Å². The zero-order chi connectivity index (χ0) is 18.8. The number of benzene rings is 1. The van der Waals surface area contributed by atoms with Crippen LogP contribution >= 0.6 is 0 Å². The van der Waals surface area contributed by atoms with E-state index in [4.69, 9.17) is 5.10 Å². The van der Waals surface area contributed by atoms with Crippen LogP contribution in [0.5, 0.6) is 0 Å². The molecule has 27 heavy (non-hydrogen) atoms. The summed E-state index contributed by atoms with van der Waals surface area (Å²) in [4.78, 5) is 14.4. The Balaban J connectivity index is 1.60. The molecule has 144 valence electrons. The summed E-state index contributed by atoms with van der Waals surface area (Å²) in [6.45, 7) is 0.727. The fourth-order valence-electron chi connectivity index (χ4n) is 4.53. The first-order valence-electron chi connectivity index (χ1n) is 10.2. The second-order valence-corrected chi connectivity index (χ2v) is 8.20. The first-order chi connectivity index (χ1) is 13.1. The molecule has 0 saturated heterocycles. The van der Waals surface area contributed by atoms with Crippen molar-refractivity contribution in [3.63, 3.8) is 0 Å². The highest BCUT2D eigenvalue weighted by Crippen LogP contribution is 2.28. The van der Waals surface area contributed by atoms with Crippen molar-refractivity contribution in [1.29, 1.82) is 0 Å². The van der Waals surface area contributed by atoms with Crippen LogP contribution in [0.3, 0.4) is 0 Å². The van der Waals surface area contributed by atoms with Gasteiger partial charge in [0.05, 0.1) is 6.54 Å². The van der Waals surface area contributed by atoms with Gasteiger partial charge in [0.15, 0.2) is 5.69 Å². The molecule has 1 fully saturated rings. The molecule has 1 heterocycles. The van der Waals surface area contributed by atoms with E-state index in [-0.39, 0.29) is 5.91 Å². The van der Waals surface area contributed by atoms with E-state index in [9.17, 15) is 4.79 Å². The maximum Gasteiger partial charge on any atom is 0.274 e. The van der Waals surface area contributed by atoms with Crippen molar-refractivity contribution in [1.82, 2.24) is 20.0 Å². The lowest BCUT2D eigenvalue weighted by molar-refractivity contribution is 0.0820. The zero-order valence-corrected chi connectivity index (χ0v) is 16.4. The van der Waals surface area contributed by atoms with Gasteiger partial charge < -0.3 is 10.2 Å². The molecule has 5 heteroatoms. The minimum atomic E-state index is 0.0135. The lowest BCUT2D eigenvalue weighted by Crippen LogP contribution is -2.40. The Morgan fingerprint density at radius 3 is 2.59 bits per heavy atom. The Labute approximate surface area is 161 Å². The minimum Gasteiger partial charge on any atom is -0.343 e. The number of carbonyl (C=O) groups excluding carboxylic acids is 1. The summed E-state index contributed by atoms with van der Waals surface area (Å²) < 4.78 is 2.06. The molecule has 1 amide bonds. The first-order valence-corrected chi connectivity index (χ1v) is 10.2. The number of hydrogen-bond acceptors (Lipinski definition) is 3. The van der Waals surface area contributed by atoms with Crippen LogP contribution in [0.1, 0.15) is 59.4 Å². The minimum absolute atomic E-state index is 0.0135. The fraction of sp³-hybridized carbons (Fsp3) is 0.545. The average Bonchev–Trinajstić information content (AvgIpc) is 3.30. The molecule has 2 aromatic rings. The second-order valence-electron chi connectivity index (χ2n) is 8.20. The number of rotatable bonds is 5. The van der Waals surface area contributed by atoms with Crippen LogP contribution in [0, 0.1) is 0 Å². The Bertz CT molecular complexity index is 790. The van der Waals surface area contributed by atoms with Crippen LogP contribution in [-0.2, 0) is 19.4 Å². The Hall–Kier alpha value is -2.14. The molecule has 0 aliphatic heterocycles. The van der Waals surface area contributed by atoms with Gasteiger partial charge in [-0.15, -0.1) is 0 Å². The van der Waals surface area contributed by atoms with E-state index in [1.54, 1.807) is 4.90 Å². The fourth-order valence-corrected chi connectivity index (χ4v) is 4.53. The molecule has 0 bridgehead atoms. The number of aromatic nitrogens is 2. The van der Waals surface area contributed by atoms with Gasteiger partial charge in [0.25, 0.3) is 5.91 Å². The summed E-state index contributed by atoms with van der Waals surface area (Å²) in [5.74, 6) is 0.0135. The van der Waals surface area contributed by atoms with E-state index in [2.05, 4.69) is 34.3 Å². The summed E-state index contributed by atoms with van der Waals surface area (Å²) in [6.07, 6.45) is 8.29. The third kappa shape index (κ3) is 3.93. The normalized spacial score (nSPS) is 19.9. The highest BCUT2D eigenvalue weighted by molar-refractivity contribution is 5.93. The van der Waals surface area contributed by atoms with Gasteiger partial charge in [-0.1, -0.05) is 43.2 Å². The molecule has 1 unspecified atom stereocenters. The molecule has 0 radical (unpaired) electrons. The maximum atomic E-state index is 12.8. The zero-order valence-electron chi connectivity index (χ0n) is 16.4. The number of fused-ring (bicyclic) bond motifs is 1. The molecule has 1 aromatic carbocycles. The van der Waals surface area contributed by atoms with Gasteiger partial charge in [-0.25, -0.2) is 0 Å². The topological polar surface area (TPSA) is 50.2 Å². The molecule has 4 rings (SSSR count). The first kappa shape index (κ1) is 18.2. The van der Waals surface area contributed by atoms with Crippen LogP contribution in [0.15, 0.2) is 30.3 Å². The maximum absolute atomic E-state index is 12.8. The molecule has 0 spiro atoms. The molecular formula is C22H30N4O. The van der Waals surface area contributed by atoms with E-state index in [0.29, 0.717) is 17.8 Å². The molecular weight excluding hydrogens is 336 g/mol. The Kier molecular flexibility index (Phi) is 5.30. The van der Waals surface area contributed by atoms with Crippen LogP contribution in [0.25, 0.3) is 0 Å². The van der Waals surface area contributed by atoms with Gasteiger partial charge in [-0.3, -0.25) is 9.48 Å². The quantitative estimate of drug-likeness (QED) is 0.885. The van der Waals surface area contributed by atoms with E-state index in [1.165, 1.54) is 36.9 Å². The van der Waals surface area contributed by atoms with Gasteiger partial charge in [0, 0.05) is 37.4 Å². The number of nitrogens with one attached hydrogen (secondary N) is 1. The van der Waals surface area contributed by atoms with Gasteiger partial charge in [0.2, 0.25) is 0 Å². The lowest BCUT2D eigenvalue weighted by atomic mass is 9.90. The molecule has 1 N–H and O–H groups in total. The lowest BCUT2D eigenvalue weighted by Gasteiger charge is -2.27. The molecule has 1 saturated carbocycles. The number of nitrogens with zero attached hydrogens (tertiary/aromatic N) is 3. The largest absolute Gasteiger partial charge is 0.343 e. The highest BCUT2D eigenvalue weighted by atomic mass is 16.2. The van der Waals surface area contributed by atoms with Crippen LogP contribution in [0.2, 0.25) is 0 Å².